The summed E-state index contributed by atoms with van der Waals surface area (Å²) in [6, 6.07) is 8.15. The van der Waals surface area contributed by atoms with Crippen LogP contribution >= 0.6 is 11.6 Å². The molecule has 1 aromatic carbocycles. The van der Waals surface area contributed by atoms with Gasteiger partial charge in [-0.3, -0.25) is 0 Å². The number of rotatable bonds is 0. The highest BCUT2D eigenvalue weighted by Gasteiger charge is 2.20. The Balaban J connectivity index is 2.36. The van der Waals surface area contributed by atoms with Gasteiger partial charge in [0.05, 0.1) is 6.17 Å². The van der Waals surface area contributed by atoms with Gasteiger partial charge < -0.3 is 10.3 Å². The summed E-state index contributed by atoms with van der Waals surface area (Å²) in [7, 11) is 0. The summed E-state index contributed by atoms with van der Waals surface area (Å²) >= 11 is 5.94. The molecule has 1 atom stereocenters. The fraction of sp³-hybridized carbons (Fsp3) is 0.273. The maximum absolute atomic E-state index is 6.02. The fourth-order valence-electron chi connectivity index (χ4n) is 2.27. The van der Waals surface area contributed by atoms with Gasteiger partial charge in [0.2, 0.25) is 0 Å². The van der Waals surface area contributed by atoms with Crippen molar-refractivity contribution in [3.05, 3.63) is 35.0 Å². The lowest BCUT2D eigenvalue weighted by molar-refractivity contribution is 0.567. The van der Waals surface area contributed by atoms with Crippen molar-refractivity contribution < 1.29 is 0 Å². The number of aryl methyl sites for hydroxylation is 1. The highest BCUT2D eigenvalue weighted by atomic mass is 35.5. The molecule has 0 fully saturated rings. The van der Waals surface area contributed by atoms with Gasteiger partial charge in [0.25, 0.3) is 0 Å². The fourth-order valence-corrected chi connectivity index (χ4v) is 2.45. The molecule has 3 rings (SSSR count). The first kappa shape index (κ1) is 8.33. The first-order valence-corrected chi connectivity index (χ1v) is 5.18. The van der Waals surface area contributed by atoms with E-state index in [0.29, 0.717) is 0 Å². The molecule has 72 valence electrons. The summed E-state index contributed by atoms with van der Waals surface area (Å²) in [6.45, 7) is 0. The van der Waals surface area contributed by atoms with Crippen LogP contribution in [0.25, 0.3) is 10.9 Å². The second-order valence-electron chi connectivity index (χ2n) is 3.81. The Morgan fingerprint density at radius 2 is 2.21 bits per heavy atom. The molecule has 0 bridgehead atoms. The summed E-state index contributed by atoms with van der Waals surface area (Å²) in [4.78, 5) is 0. The normalized spacial score (nSPS) is 20.3. The number of benzene rings is 1. The Morgan fingerprint density at radius 3 is 3.07 bits per heavy atom. The third-order valence-electron chi connectivity index (χ3n) is 2.91. The van der Waals surface area contributed by atoms with E-state index in [2.05, 4.69) is 10.6 Å². The maximum atomic E-state index is 6.02. The summed E-state index contributed by atoms with van der Waals surface area (Å²) in [6.07, 6.45) is 2.27. The standard InChI is InChI=1S/C11H11ClN2/c12-8-1-3-10-7(5-8)6-9-2-4-11(13)14(9)10/h1,3,5-6,11H,2,4,13H2. The van der Waals surface area contributed by atoms with E-state index in [1.54, 1.807) is 0 Å². The summed E-state index contributed by atoms with van der Waals surface area (Å²) in [5, 5.41) is 1.98. The van der Waals surface area contributed by atoms with E-state index in [0.717, 1.165) is 17.9 Å². The smallest absolute Gasteiger partial charge is 0.0821 e. The van der Waals surface area contributed by atoms with Crippen molar-refractivity contribution >= 4 is 22.5 Å². The van der Waals surface area contributed by atoms with Gasteiger partial charge in [-0.25, -0.2) is 0 Å². The SMILES string of the molecule is NC1CCc2cc3cc(Cl)ccc3n21. The van der Waals surface area contributed by atoms with Crippen molar-refractivity contribution in [3.8, 4) is 0 Å². The number of fused-ring (bicyclic) bond motifs is 3. The Hall–Kier alpha value is -0.990. The van der Waals surface area contributed by atoms with Crippen LogP contribution in [-0.2, 0) is 6.42 Å². The Morgan fingerprint density at radius 1 is 1.36 bits per heavy atom. The first-order valence-electron chi connectivity index (χ1n) is 4.80. The first-order chi connectivity index (χ1) is 6.75. The van der Waals surface area contributed by atoms with Gasteiger partial charge in [-0.15, -0.1) is 0 Å². The van der Waals surface area contributed by atoms with Crippen LogP contribution in [0.4, 0.5) is 0 Å². The molecular weight excluding hydrogens is 196 g/mol. The van der Waals surface area contributed by atoms with E-state index in [9.17, 15) is 0 Å². The topological polar surface area (TPSA) is 30.9 Å². The zero-order valence-electron chi connectivity index (χ0n) is 7.70. The van der Waals surface area contributed by atoms with Crippen molar-refractivity contribution in [2.75, 3.05) is 0 Å². The number of aromatic nitrogens is 1. The molecule has 1 unspecified atom stereocenters. The molecule has 1 aliphatic rings. The molecule has 2 heterocycles. The van der Waals surface area contributed by atoms with E-state index < -0.39 is 0 Å². The van der Waals surface area contributed by atoms with Gasteiger partial charge >= 0.3 is 0 Å². The second-order valence-corrected chi connectivity index (χ2v) is 4.25. The van der Waals surface area contributed by atoms with Crippen LogP contribution in [0.5, 0.6) is 0 Å². The van der Waals surface area contributed by atoms with Crippen molar-refractivity contribution in [1.29, 1.82) is 0 Å². The number of hydrogen-bond donors (Lipinski definition) is 1. The molecule has 3 heteroatoms. The highest BCUT2D eigenvalue weighted by Crippen LogP contribution is 2.31. The van der Waals surface area contributed by atoms with Crippen LogP contribution in [0.2, 0.25) is 5.02 Å². The lowest BCUT2D eigenvalue weighted by Crippen LogP contribution is -2.13. The molecule has 2 aromatic rings. The van der Waals surface area contributed by atoms with E-state index in [4.69, 9.17) is 17.3 Å². The maximum Gasteiger partial charge on any atom is 0.0821 e. The number of hydrogen-bond acceptors (Lipinski definition) is 1. The van der Waals surface area contributed by atoms with Crippen LogP contribution in [0, 0.1) is 0 Å². The number of nitrogens with two attached hydrogens (primary N) is 1. The summed E-state index contributed by atoms with van der Waals surface area (Å²) in [5.41, 5.74) is 8.56. The molecule has 2 nitrogen and oxygen atoms in total. The minimum atomic E-state index is 0.142. The Kier molecular flexibility index (Phi) is 1.64. The average Bonchev–Trinajstić information content (AvgIpc) is 2.66. The van der Waals surface area contributed by atoms with Crippen LogP contribution in [-0.4, -0.2) is 4.57 Å². The molecule has 0 saturated carbocycles. The molecule has 0 radical (unpaired) electrons. The molecule has 1 aromatic heterocycles. The lowest BCUT2D eigenvalue weighted by atomic mass is 10.2. The molecule has 0 spiro atoms. The molecular formula is C11H11ClN2. The van der Waals surface area contributed by atoms with Gasteiger partial charge in [0, 0.05) is 21.6 Å². The van der Waals surface area contributed by atoms with Crippen LogP contribution in [0.3, 0.4) is 0 Å². The largest absolute Gasteiger partial charge is 0.329 e. The third kappa shape index (κ3) is 1.01. The predicted octanol–water partition coefficient (Wildman–Crippen LogP) is 2.70. The third-order valence-corrected chi connectivity index (χ3v) is 3.14. The minimum Gasteiger partial charge on any atom is -0.329 e. The minimum absolute atomic E-state index is 0.142. The zero-order chi connectivity index (χ0) is 9.71. The van der Waals surface area contributed by atoms with Crippen molar-refractivity contribution in [3.63, 3.8) is 0 Å². The highest BCUT2D eigenvalue weighted by molar-refractivity contribution is 6.31. The van der Waals surface area contributed by atoms with Crippen molar-refractivity contribution in [2.45, 2.75) is 19.0 Å². The van der Waals surface area contributed by atoms with Crippen molar-refractivity contribution in [1.82, 2.24) is 4.57 Å². The molecule has 0 aliphatic carbocycles. The van der Waals surface area contributed by atoms with E-state index in [1.807, 2.05) is 18.2 Å². The molecule has 14 heavy (non-hydrogen) atoms. The van der Waals surface area contributed by atoms with Crippen LogP contribution in [0.1, 0.15) is 18.3 Å². The molecule has 0 saturated heterocycles. The molecule has 2 N–H and O–H groups in total. The van der Waals surface area contributed by atoms with Gasteiger partial charge in [-0.2, -0.15) is 0 Å². The number of nitrogens with zero attached hydrogens (tertiary/aromatic N) is 1. The summed E-state index contributed by atoms with van der Waals surface area (Å²) in [5.74, 6) is 0. The second kappa shape index (κ2) is 2.75. The van der Waals surface area contributed by atoms with Gasteiger partial charge in [-0.05, 0) is 37.1 Å². The Labute approximate surface area is 87.3 Å². The predicted molar refractivity (Wildman–Crippen MR) is 58.5 cm³/mol. The lowest BCUT2D eigenvalue weighted by Gasteiger charge is -2.08. The quantitative estimate of drug-likeness (QED) is 0.706. The molecule has 1 aliphatic heterocycles. The average molecular weight is 207 g/mol. The van der Waals surface area contributed by atoms with E-state index in [-0.39, 0.29) is 6.17 Å². The van der Waals surface area contributed by atoms with E-state index in [1.165, 1.54) is 16.6 Å². The van der Waals surface area contributed by atoms with Gasteiger partial charge in [0.1, 0.15) is 0 Å². The van der Waals surface area contributed by atoms with E-state index >= 15 is 0 Å². The molecule has 0 amide bonds. The van der Waals surface area contributed by atoms with Crippen molar-refractivity contribution in [2.24, 2.45) is 5.73 Å². The Bertz CT molecular complexity index is 501. The van der Waals surface area contributed by atoms with Crippen LogP contribution < -0.4 is 5.73 Å². The monoisotopic (exact) mass is 206 g/mol. The zero-order valence-corrected chi connectivity index (χ0v) is 8.46. The van der Waals surface area contributed by atoms with Gasteiger partial charge in [0.15, 0.2) is 0 Å². The van der Waals surface area contributed by atoms with Gasteiger partial charge in [-0.1, -0.05) is 11.6 Å². The number of halogens is 1. The van der Waals surface area contributed by atoms with Crippen LogP contribution in [0.15, 0.2) is 24.3 Å². The summed E-state index contributed by atoms with van der Waals surface area (Å²) < 4.78 is 2.21.